The molecule has 1 aromatic heterocycles. The molecule has 1 aliphatic rings. The van der Waals surface area contributed by atoms with Gasteiger partial charge in [0.2, 0.25) is 5.91 Å². The van der Waals surface area contributed by atoms with Gasteiger partial charge in [-0.1, -0.05) is 84.1 Å². The number of thiocarbonyl (C=S) groups is 1. The molecule has 32 heavy (non-hydrogen) atoms. The van der Waals surface area contributed by atoms with Crippen LogP contribution >= 0.6 is 35.3 Å². The van der Waals surface area contributed by atoms with Crippen LogP contribution < -0.4 is 5.32 Å². The summed E-state index contributed by atoms with van der Waals surface area (Å²) in [6, 6.07) is 17.8. The van der Waals surface area contributed by atoms with Crippen molar-refractivity contribution in [3.05, 3.63) is 76.0 Å². The largest absolute Gasteiger partial charge is 0.302 e. The van der Waals surface area contributed by atoms with Crippen LogP contribution in [0.15, 0.2) is 64.9 Å². The number of carbonyl (C=O) groups excluding carboxylic acids is 2. The summed E-state index contributed by atoms with van der Waals surface area (Å²) in [5, 5.41) is 5.33. The standard InChI is InChI=1S/C24H21N3O2S3/c1-16-9-11-17(12-10-16)14-20-22(29)27(24(30)32-20)13-5-8-21(28)26-23-25-19(15-31-23)18-6-3-2-4-7-18/h2-4,6-7,9-12,14-15H,5,8,13H2,1H3,(H,25,26,28)/b20-14+. The zero-order valence-electron chi connectivity index (χ0n) is 17.4. The Hall–Kier alpha value is -2.81. The van der Waals surface area contributed by atoms with E-state index in [1.54, 1.807) is 4.90 Å². The highest BCUT2D eigenvalue weighted by molar-refractivity contribution is 8.26. The van der Waals surface area contributed by atoms with E-state index in [1.165, 1.54) is 28.7 Å². The second-order valence-corrected chi connectivity index (χ2v) is 9.83. The molecule has 0 bridgehead atoms. The molecule has 2 aromatic carbocycles. The van der Waals surface area contributed by atoms with E-state index >= 15 is 0 Å². The van der Waals surface area contributed by atoms with Crippen LogP contribution in [0.4, 0.5) is 5.13 Å². The van der Waals surface area contributed by atoms with Gasteiger partial charge in [-0.3, -0.25) is 14.5 Å². The Balaban J connectivity index is 1.28. The predicted molar refractivity (Wildman–Crippen MR) is 136 cm³/mol. The van der Waals surface area contributed by atoms with Gasteiger partial charge in [-0.25, -0.2) is 4.98 Å². The second-order valence-electron chi connectivity index (χ2n) is 7.30. The van der Waals surface area contributed by atoms with Crippen LogP contribution in [-0.2, 0) is 9.59 Å². The van der Waals surface area contributed by atoms with Crippen molar-refractivity contribution in [3.63, 3.8) is 0 Å². The summed E-state index contributed by atoms with van der Waals surface area (Å²) in [5.41, 5.74) is 3.98. The molecule has 0 unspecified atom stereocenters. The van der Waals surface area contributed by atoms with Gasteiger partial charge in [0.05, 0.1) is 10.6 Å². The molecule has 0 spiro atoms. The number of nitrogens with zero attached hydrogens (tertiary/aromatic N) is 2. The average Bonchev–Trinajstić information content (AvgIpc) is 3.36. The Bertz CT molecular complexity index is 1170. The summed E-state index contributed by atoms with van der Waals surface area (Å²) in [5.74, 6) is -0.229. The maximum atomic E-state index is 12.7. The predicted octanol–water partition coefficient (Wildman–Crippen LogP) is 5.74. The van der Waals surface area contributed by atoms with Gasteiger partial charge in [-0.05, 0) is 25.0 Å². The first kappa shape index (κ1) is 22.4. The molecule has 162 valence electrons. The highest BCUT2D eigenvalue weighted by Crippen LogP contribution is 2.32. The van der Waals surface area contributed by atoms with Crippen LogP contribution in [0.5, 0.6) is 0 Å². The Morgan fingerprint density at radius 1 is 1.16 bits per heavy atom. The van der Waals surface area contributed by atoms with Crippen molar-refractivity contribution in [1.82, 2.24) is 9.88 Å². The molecule has 2 heterocycles. The number of nitrogens with one attached hydrogen (secondary N) is 1. The van der Waals surface area contributed by atoms with Gasteiger partial charge in [0.1, 0.15) is 4.32 Å². The third kappa shape index (κ3) is 5.51. The molecule has 5 nitrogen and oxygen atoms in total. The number of thiazole rings is 1. The Morgan fingerprint density at radius 3 is 2.66 bits per heavy atom. The summed E-state index contributed by atoms with van der Waals surface area (Å²) in [6.07, 6.45) is 2.67. The van der Waals surface area contributed by atoms with E-state index in [1.807, 2.05) is 73.0 Å². The van der Waals surface area contributed by atoms with Crippen LogP contribution in [-0.4, -0.2) is 32.6 Å². The number of rotatable bonds is 7. The van der Waals surface area contributed by atoms with E-state index in [-0.39, 0.29) is 18.2 Å². The van der Waals surface area contributed by atoms with Gasteiger partial charge in [0.15, 0.2) is 5.13 Å². The summed E-state index contributed by atoms with van der Waals surface area (Å²) in [6.45, 7) is 2.44. The minimum atomic E-state index is -0.125. The molecule has 3 aromatic rings. The van der Waals surface area contributed by atoms with Gasteiger partial charge < -0.3 is 5.32 Å². The zero-order valence-corrected chi connectivity index (χ0v) is 19.9. The van der Waals surface area contributed by atoms with Crippen molar-refractivity contribution in [2.75, 3.05) is 11.9 Å². The van der Waals surface area contributed by atoms with E-state index in [9.17, 15) is 9.59 Å². The first-order valence-corrected chi connectivity index (χ1v) is 12.2. The molecule has 4 rings (SSSR count). The summed E-state index contributed by atoms with van der Waals surface area (Å²) < 4.78 is 0.529. The van der Waals surface area contributed by atoms with E-state index in [4.69, 9.17) is 12.2 Å². The fourth-order valence-electron chi connectivity index (χ4n) is 3.16. The molecule has 2 amide bonds. The van der Waals surface area contributed by atoms with Crippen molar-refractivity contribution < 1.29 is 9.59 Å². The van der Waals surface area contributed by atoms with Gasteiger partial charge in [0, 0.05) is 23.9 Å². The molecule has 1 N–H and O–H groups in total. The number of anilines is 1. The van der Waals surface area contributed by atoms with Crippen LogP contribution in [0.3, 0.4) is 0 Å². The maximum absolute atomic E-state index is 12.7. The minimum Gasteiger partial charge on any atom is -0.302 e. The van der Waals surface area contributed by atoms with Gasteiger partial charge in [-0.15, -0.1) is 11.3 Å². The summed E-state index contributed by atoms with van der Waals surface area (Å²) in [4.78, 5) is 31.7. The lowest BCUT2D eigenvalue weighted by Gasteiger charge is -2.13. The Morgan fingerprint density at radius 2 is 1.91 bits per heavy atom. The number of amides is 2. The van der Waals surface area contributed by atoms with Crippen LogP contribution in [0, 0.1) is 6.92 Å². The van der Waals surface area contributed by atoms with Crippen molar-refractivity contribution in [2.45, 2.75) is 19.8 Å². The molecule has 0 radical (unpaired) electrons. The molecule has 1 saturated heterocycles. The highest BCUT2D eigenvalue weighted by Gasteiger charge is 2.31. The number of thioether (sulfide) groups is 1. The fraction of sp³-hybridized carbons (Fsp3) is 0.167. The monoisotopic (exact) mass is 479 g/mol. The third-order valence-electron chi connectivity index (χ3n) is 4.85. The number of benzene rings is 2. The van der Waals surface area contributed by atoms with Gasteiger partial charge in [0.25, 0.3) is 5.91 Å². The van der Waals surface area contributed by atoms with Crippen LogP contribution in [0.1, 0.15) is 24.0 Å². The molecular formula is C24H21N3O2S3. The van der Waals surface area contributed by atoms with Gasteiger partial charge >= 0.3 is 0 Å². The van der Waals surface area contributed by atoms with E-state index in [2.05, 4.69) is 10.3 Å². The lowest BCUT2D eigenvalue weighted by molar-refractivity contribution is -0.122. The lowest BCUT2D eigenvalue weighted by atomic mass is 10.1. The smallest absolute Gasteiger partial charge is 0.266 e. The van der Waals surface area contributed by atoms with E-state index < -0.39 is 0 Å². The normalized spacial score (nSPS) is 14.9. The van der Waals surface area contributed by atoms with Crippen molar-refractivity contribution in [1.29, 1.82) is 0 Å². The first-order chi connectivity index (χ1) is 15.5. The summed E-state index contributed by atoms with van der Waals surface area (Å²) >= 11 is 8.08. The quantitative estimate of drug-likeness (QED) is 0.346. The van der Waals surface area contributed by atoms with Crippen LogP contribution in [0.25, 0.3) is 17.3 Å². The molecular weight excluding hydrogens is 458 g/mol. The van der Waals surface area contributed by atoms with Gasteiger partial charge in [-0.2, -0.15) is 0 Å². The van der Waals surface area contributed by atoms with Crippen molar-refractivity contribution in [2.24, 2.45) is 0 Å². The van der Waals surface area contributed by atoms with E-state index in [0.29, 0.717) is 27.3 Å². The maximum Gasteiger partial charge on any atom is 0.266 e. The molecule has 0 aliphatic carbocycles. The van der Waals surface area contributed by atoms with Crippen molar-refractivity contribution >= 4 is 62.7 Å². The number of aromatic nitrogens is 1. The topological polar surface area (TPSA) is 62.3 Å². The van der Waals surface area contributed by atoms with Crippen molar-refractivity contribution in [3.8, 4) is 11.3 Å². The number of carbonyl (C=O) groups is 2. The molecule has 8 heteroatoms. The number of aryl methyl sites for hydroxylation is 1. The van der Waals surface area contributed by atoms with E-state index in [0.717, 1.165) is 16.8 Å². The molecule has 0 atom stereocenters. The average molecular weight is 480 g/mol. The summed E-state index contributed by atoms with van der Waals surface area (Å²) in [7, 11) is 0. The molecule has 0 saturated carbocycles. The second kappa shape index (κ2) is 10.2. The highest BCUT2D eigenvalue weighted by atomic mass is 32.2. The van der Waals surface area contributed by atoms with Crippen LogP contribution in [0.2, 0.25) is 0 Å². The SMILES string of the molecule is Cc1ccc(/C=C2/SC(=S)N(CCCC(=O)Nc3nc(-c4ccccc4)cs3)C2=O)cc1. The number of hydrogen-bond acceptors (Lipinski definition) is 6. The minimum absolute atomic E-state index is 0.103. The lowest BCUT2D eigenvalue weighted by Crippen LogP contribution is -2.29. The third-order valence-corrected chi connectivity index (χ3v) is 6.99. The first-order valence-electron chi connectivity index (χ1n) is 10.1. The Kier molecular flexibility index (Phi) is 7.14. The molecule has 1 aliphatic heterocycles. The number of hydrogen-bond donors (Lipinski definition) is 1. The molecule has 1 fully saturated rings. The Labute approximate surface area is 200 Å². The zero-order chi connectivity index (χ0) is 22.5. The fourth-order valence-corrected chi connectivity index (χ4v) is 5.20.